The highest BCUT2D eigenvalue weighted by Gasteiger charge is 2.39. The third-order valence-corrected chi connectivity index (χ3v) is 4.00. The number of aryl methyl sites for hydroxylation is 1. The van der Waals surface area contributed by atoms with Gasteiger partial charge in [0.1, 0.15) is 0 Å². The topological polar surface area (TPSA) is 33.1 Å². The predicted molar refractivity (Wildman–Crippen MR) is 75.9 cm³/mol. The third kappa shape index (κ3) is 2.43. The minimum absolute atomic E-state index is 0.317. The summed E-state index contributed by atoms with van der Waals surface area (Å²) in [6.45, 7) is 7.54. The highest BCUT2D eigenvalue weighted by atomic mass is 15.3. The molecule has 1 aromatic rings. The van der Waals surface area contributed by atoms with Crippen molar-refractivity contribution in [1.29, 1.82) is 0 Å². The summed E-state index contributed by atoms with van der Waals surface area (Å²) in [5.74, 6) is 0.959. The van der Waals surface area contributed by atoms with Crippen molar-refractivity contribution in [3.8, 4) is 0 Å². The summed E-state index contributed by atoms with van der Waals surface area (Å²) < 4.78 is 2.25. The van der Waals surface area contributed by atoms with Crippen molar-refractivity contribution in [2.75, 3.05) is 26.0 Å². The fourth-order valence-corrected chi connectivity index (χ4v) is 2.62. The standard InChI is InChI=1S/C14H24N4/c1-5-9-15-13-16-12(2)10-18(13)11-14(17(3)4)7-6-8-14/h5,10H,1,6-9,11H2,2-4H3,(H,15,16). The zero-order valence-electron chi connectivity index (χ0n) is 11.7. The molecule has 0 aromatic carbocycles. The highest BCUT2D eigenvalue weighted by Crippen LogP contribution is 2.38. The van der Waals surface area contributed by atoms with E-state index in [4.69, 9.17) is 0 Å². The van der Waals surface area contributed by atoms with Crippen LogP contribution in [0.4, 0.5) is 5.95 Å². The Labute approximate surface area is 110 Å². The molecule has 0 spiro atoms. The molecule has 0 atom stereocenters. The SMILES string of the molecule is C=CCNc1nc(C)cn1CC1(N(C)C)CCC1. The van der Waals surface area contributed by atoms with Crippen LogP contribution in [0.2, 0.25) is 0 Å². The van der Waals surface area contributed by atoms with Crippen LogP contribution < -0.4 is 5.32 Å². The Morgan fingerprint density at radius 1 is 1.56 bits per heavy atom. The van der Waals surface area contributed by atoms with Crippen LogP contribution in [0.15, 0.2) is 18.9 Å². The molecule has 0 radical (unpaired) electrons. The lowest BCUT2D eigenvalue weighted by atomic mass is 9.75. The third-order valence-electron chi connectivity index (χ3n) is 4.00. The lowest BCUT2D eigenvalue weighted by Gasteiger charge is -2.47. The summed E-state index contributed by atoms with van der Waals surface area (Å²) in [6.07, 6.45) is 7.88. The molecule has 4 nitrogen and oxygen atoms in total. The van der Waals surface area contributed by atoms with Gasteiger partial charge in [0.05, 0.1) is 5.69 Å². The van der Waals surface area contributed by atoms with Crippen LogP contribution in [0.5, 0.6) is 0 Å². The number of nitrogens with zero attached hydrogens (tertiary/aromatic N) is 3. The molecule has 4 heteroatoms. The molecule has 0 amide bonds. The molecule has 1 aliphatic rings. The Morgan fingerprint density at radius 3 is 2.78 bits per heavy atom. The Kier molecular flexibility index (Phi) is 3.76. The van der Waals surface area contributed by atoms with Gasteiger partial charge in [0.2, 0.25) is 5.95 Å². The van der Waals surface area contributed by atoms with Crippen molar-refractivity contribution >= 4 is 5.95 Å². The van der Waals surface area contributed by atoms with E-state index in [9.17, 15) is 0 Å². The van der Waals surface area contributed by atoms with Crippen molar-refractivity contribution in [3.05, 3.63) is 24.5 Å². The predicted octanol–water partition coefficient (Wildman–Crippen LogP) is 2.27. The number of hydrogen-bond acceptors (Lipinski definition) is 3. The number of nitrogens with one attached hydrogen (secondary N) is 1. The molecule has 1 fully saturated rings. The first-order valence-corrected chi connectivity index (χ1v) is 6.63. The molecule has 18 heavy (non-hydrogen) atoms. The molecule has 1 aliphatic carbocycles. The van der Waals surface area contributed by atoms with Gasteiger partial charge in [0, 0.05) is 24.8 Å². The van der Waals surface area contributed by atoms with Crippen molar-refractivity contribution < 1.29 is 0 Å². The van der Waals surface area contributed by atoms with Crippen LogP contribution in [-0.2, 0) is 6.54 Å². The molecule has 0 aliphatic heterocycles. The highest BCUT2D eigenvalue weighted by molar-refractivity contribution is 5.30. The van der Waals surface area contributed by atoms with E-state index in [1.54, 1.807) is 0 Å². The summed E-state index contributed by atoms with van der Waals surface area (Å²) in [5.41, 5.74) is 1.38. The van der Waals surface area contributed by atoms with E-state index >= 15 is 0 Å². The van der Waals surface area contributed by atoms with Crippen LogP contribution in [0.3, 0.4) is 0 Å². The summed E-state index contributed by atoms with van der Waals surface area (Å²) in [7, 11) is 4.36. The maximum Gasteiger partial charge on any atom is 0.203 e. The summed E-state index contributed by atoms with van der Waals surface area (Å²) in [5, 5.41) is 3.31. The van der Waals surface area contributed by atoms with Gasteiger partial charge < -0.3 is 14.8 Å². The van der Waals surface area contributed by atoms with Gasteiger partial charge in [-0.2, -0.15) is 0 Å². The van der Waals surface area contributed by atoms with Gasteiger partial charge in [-0.3, -0.25) is 0 Å². The van der Waals surface area contributed by atoms with E-state index in [2.05, 4.69) is 46.6 Å². The lowest BCUT2D eigenvalue weighted by Crippen LogP contribution is -2.53. The first-order valence-electron chi connectivity index (χ1n) is 6.63. The molecule has 0 bridgehead atoms. The van der Waals surface area contributed by atoms with Gasteiger partial charge >= 0.3 is 0 Å². The minimum Gasteiger partial charge on any atom is -0.352 e. The van der Waals surface area contributed by atoms with Gasteiger partial charge in [-0.15, -0.1) is 6.58 Å². The Balaban J connectivity index is 2.14. The van der Waals surface area contributed by atoms with E-state index in [-0.39, 0.29) is 0 Å². The van der Waals surface area contributed by atoms with Crippen LogP contribution >= 0.6 is 0 Å². The minimum atomic E-state index is 0.317. The molecule has 100 valence electrons. The van der Waals surface area contributed by atoms with Gasteiger partial charge in [-0.05, 0) is 40.3 Å². The second kappa shape index (κ2) is 5.14. The van der Waals surface area contributed by atoms with Crippen molar-refractivity contribution in [3.63, 3.8) is 0 Å². The number of imidazole rings is 1. The van der Waals surface area contributed by atoms with Crippen molar-refractivity contribution in [2.24, 2.45) is 0 Å². The zero-order valence-corrected chi connectivity index (χ0v) is 11.7. The van der Waals surface area contributed by atoms with Crippen molar-refractivity contribution in [2.45, 2.75) is 38.3 Å². The molecule has 2 rings (SSSR count). The van der Waals surface area contributed by atoms with Crippen molar-refractivity contribution in [1.82, 2.24) is 14.5 Å². The van der Waals surface area contributed by atoms with E-state index in [0.717, 1.165) is 24.7 Å². The smallest absolute Gasteiger partial charge is 0.203 e. The van der Waals surface area contributed by atoms with E-state index < -0.39 is 0 Å². The average Bonchev–Trinajstić information content (AvgIpc) is 2.60. The van der Waals surface area contributed by atoms with Gasteiger partial charge in [0.25, 0.3) is 0 Å². The fourth-order valence-electron chi connectivity index (χ4n) is 2.62. The van der Waals surface area contributed by atoms with Crippen LogP contribution in [0, 0.1) is 6.92 Å². The maximum absolute atomic E-state index is 4.54. The number of hydrogen-bond donors (Lipinski definition) is 1. The first-order chi connectivity index (χ1) is 8.57. The van der Waals surface area contributed by atoms with Crippen LogP contribution in [0.25, 0.3) is 0 Å². The average molecular weight is 248 g/mol. The fraction of sp³-hybridized carbons (Fsp3) is 0.643. The Bertz CT molecular complexity index is 415. The number of likely N-dealkylation sites (N-methyl/N-ethyl adjacent to an activating group) is 1. The second-order valence-electron chi connectivity index (χ2n) is 5.48. The number of rotatable bonds is 6. The molecule has 1 heterocycles. The normalized spacial score (nSPS) is 17.6. The lowest BCUT2D eigenvalue weighted by molar-refractivity contribution is 0.0429. The van der Waals surface area contributed by atoms with Gasteiger partial charge in [-0.1, -0.05) is 6.08 Å². The second-order valence-corrected chi connectivity index (χ2v) is 5.48. The van der Waals surface area contributed by atoms with Gasteiger partial charge in [-0.25, -0.2) is 4.98 Å². The molecule has 1 aromatic heterocycles. The molecular formula is C14H24N4. The summed E-state index contributed by atoms with van der Waals surface area (Å²) >= 11 is 0. The van der Waals surface area contributed by atoms with Gasteiger partial charge in [0.15, 0.2) is 0 Å². The summed E-state index contributed by atoms with van der Waals surface area (Å²) in [4.78, 5) is 6.90. The largest absolute Gasteiger partial charge is 0.352 e. The molecule has 1 saturated carbocycles. The van der Waals surface area contributed by atoms with Crippen LogP contribution in [-0.4, -0.2) is 40.6 Å². The summed E-state index contributed by atoms with van der Waals surface area (Å²) in [6, 6.07) is 0. The first kappa shape index (κ1) is 13.1. The molecule has 0 unspecified atom stereocenters. The number of aromatic nitrogens is 2. The van der Waals surface area contributed by atoms with E-state index in [0.29, 0.717) is 5.54 Å². The Hall–Kier alpha value is -1.29. The van der Waals surface area contributed by atoms with E-state index in [1.165, 1.54) is 19.3 Å². The monoisotopic (exact) mass is 248 g/mol. The zero-order chi connectivity index (χ0) is 13.2. The number of anilines is 1. The molecule has 0 saturated heterocycles. The molecular weight excluding hydrogens is 224 g/mol. The maximum atomic E-state index is 4.54. The van der Waals surface area contributed by atoms with E-state index in [1.807, 2.05) is 13.0 Å². The molecule has 1 N–H and O–H groups in total. The van der Waals surface area contributed by atoms with Crippen LogP contribution in [0.1, 0.15) is 25.0 Å². The Morgan fingerprint density at radius 2 is 2.28 bits per heavy atom. The quantitative estimate of drug-likeness (QED) is 0.784.